The number of hydrogen-bond acceptors (Lipinski definition) is 3. The van der Waals surface area contributed by atoms with Gasteiger partial charge in [0, 0.05) is 13.6 Å². The van der Waals surface area contributed by atoms with Gasteiger partial charge in [-0.05, 0) is 35.9 Å². The lowest BCUT2D eigenvalue weighted by atomic mass is 10.1. The fourth-order valence-electron chi connectivity index (χ4n) is 2.25. The smallest absolute Gasteiger partial charge is 0.256 e. The molecule has 6 heteroatoms. The maximum Gasteiger partial charge on any atom is 0.256 e. The monoisotopic (exact) mass is 305 g/mol. The quantitative estimate of drug-likeness (QED) is 0.875. The van der Waals surface area contributed by atoms with Crippen molar-refractivity contribution < 1.29 is 23.0 Å². The van der Waals surface area contributed by atoms with Crippen LogP contribution < -0.4 is 9.47 Å². The van der Waals surface area contributed by atoms with E-state index in [1.807, 2.05) is 0 Å². The zero-order valence-corrected chi connectivity index (χ0v) is 11.8. The van der Waals surface area contributed by atoms with Crippen LogP contribution in [-0.2, 0) is 6.54 Å². The molecular weight excluding hydrogens is 292 g/mol. The van der Waals surface area contributed by atoms with Gasteiger partial charge >= 0.3 is 0 Å². The first-order valence-corrected chi connectivity index (χ1v) is 6.63. The molecular formula is C16H13F2NO3. The summed E-state index contributed by atoms with van der Waals surface area (Å²) in [4.78, 5) is 13.5. The van der Waals surface area contributed by atoms with E-state index in [1.165, 1.54) is 11.9 Å². The van der Waals surface area contributed by atoms with Crippen LogP contribution in [0.2, 0.25) is 0 Å². The topological polar surface area (TPSA) is 38.8 Å². The van der Waals surface area contributed by atoms with Gasteiger partial charge in [0.05, 0.1) is 5.56 Å². The number of nitrogens with zero attached hydrogens (tertiary/aromatic N) is 1. The summed E-state index contributed by atoms with van der Waals surface area (Å²) in [7, 11) is 1.53. The molecule has 0 radical (unpaired) electrons. The highest BCUT2D eigenvalue weighted by Crippen LogP contribution is 2.32. The normalized spacial score (nSPS) is 12.3. The maximum absolute atomic E-state index is 13.6. The molecule has 0 saturated heterocycles. The molecule has 2 aromatic rings. The molecule has 0 N–H and O–H groups in total. The Balaban J connectivity index is 1.77. The number of carbonyl (C=O) groups excluding carboxylic acids is 1. The number of halogens is 2. The fraction of sp³-hybridized carbons (Fsp3) is 0.188. The predicted molar refractivity (Wildman–Crippen MR) is 74.7 cm³/mol. The third kappa shape index (κ3) is 2.72. The summed E-state index contributed by atoms with van der Waals surface area (Å²) in [5.74, 6) is -0.732. The third-order valence-electron chi connectivity index (χ3n) is 3.36. The maximum atomic E-state index is 13.6. The summed E-state index contributed by atoms with van der Waals surface area (Å²) < 4.78 is 37.3. The average Bonchev–Trinajstić information content (AvgIpc) is 2.96. The third-order valence-corrected chi connectivity index (χ3v) is 3.36. The number of rotatable bonds is 3. The molecule has 1 aliphatic rings. The zero-order valence-electron chi connectivity index (χ0n) is 11.8. The van der Waals surface area contributed by atoms with E-state index in [9.17, 15) is 13.6 Å². The van der Waals surface area contributed by atoms with Crippen molar-refractivity contribution in [3.05, 3.63) is 59.2 Å². The van der Waals surface area contributed by atoms with Gasteiger partial charge in [-0.2, -0.15) is 0 Å². The Morgan fingerprint density at radius 1 is 1.14 bits per heavy atom. The molecule has 4 nitrogen and oxygen atoms in total. The van der Waals surface area contributed by atoms with Crippen LogP contribution in [0.3, 0.4) is 0 Å². The van der Waals surface area contributed by atoms with Gasteiger partial charge in [-0.25, -0.2) is 8.78 Å². The van der Waals surface area contributed by atoms with Gasteiger partial charge in [0.25, 0.3) is 5.91 Å². The Hall–Kier alpha value is -2.63. The van der Waals surface area contributed by atoms with Crippen LogP contribution in [0.25, 0.3) is 0 Å². The SMILES string of the molecule is CN(Cc1ccc2c(c1)OCO2)C(=O)c1cc(F)ccc1F. The predicted octanol–water partition coefficient (Wildman–Crippen LogP) is 2.97. The Morgan fingerprint density at radius 2 is 1.91 bits per heavy atom. The summed E-state index contributed by atoms with van der Waals surface area (Å²) in [6, 6.07) is 8.11. The average molecular weight is 305 g/mol. The molecule has 22 heavy (non-hydrogen) atoms. The van der Waals surface area contributed by atoms with Crippen LogP contribution in [0, 0.1) is 11.6 Å². The van der Waals surface area contributed by atoms with Crippen LogP contribution in [0.4, 0.5) is 8.78 Å². The van der Waals surface area contributed by atoms with Crippen molar-refractivity contribution in [3.63, 3.8) is 0 Å². The Morgan fingerprint density at radius 3 is 2.73 bits per heavy atom. The summed E-state index contributed by atoms with van der Waals surface area (Å²) in [5.41, 5.74) is 0.514. The number of hydrogen-bond donors (Lipinski definition) is 0. The lowest BCUT2D eigenvalue weighted by Gasteiger charge is -2.18. The molecule has 0 aromatic heterocycles. The van der Waals surface area contributed by atoms with Crippen LogP contribution in [0.15, 0.2) is 36.4 Å². The largest absolute Gasteiger partial charge is 0.454 e. The molecule has 114 valence electrons. The number of carbonyl (C=O) groups is 1. The standard InChI is InChI=1S/C16H13F2NO3/c1-19(16(20)12-7-11(17)3-4-13(12)18)8-10-2-5-14-15(6-10)22-9-21-14/h2-7H,8-9H2,1H3. The van der Waals surface area contributed by atoms with E-state index in [4.69, 9.17) is 9.47 Å². The molecule has 0 bridgehead atoms. The summed E-state index contributed by atoms with van der Waals surface area (Å²) >= 11 is 0. The molecule has 3 rings (SSSR count). The van der Waals surface area contributed by atoms with Crippen LogP contribution in [-0.4, -0.2) is 24.6 Å². The second-order valence-electron chi connectivity index (χ2n) is 4.97. The van der Waals surface area contributed by atoms with Crippen LogP contribution in [0.5, 0.6) is 11.5 Å². The van der Waals surface area contributed by atoms with Crippen molar-refractivity contribution in [1.29, 1.82) is 0 Å². The van der Waals surface area contributed by atoms with Gasteiger partial charge in [-0.15, -0.1) is 0 Å². The van der Waals surface area contributed by atoms with E-state index < -0.39 is 17.5 Å². The molecule has 1 heterocycles. The second-order valence-corrected chi connectivity index (χ2v) is 4.97. The highest BCUT2D eigenvalue weighted by molar-refractivity contribution is 5.94. The Kier molecular flexibility index (Phi) is 3.66. The fourth-order valence-corrected chi connectivity index (χ4v) is 2.25. The Bertz CT molecular complexity index is 733. The number of ether oxygens (including phenoxy) is 2. The lowest BCUT2D eigenvalue weighted by Crippen LogP contribution is -2.27. The minimum atomic E-state index is -0.746. The second kappa shape index (κ2) is 5.63. The molecule has 0 atom stereocenters. The van der Waals surface area contributed by atoms with Gasteiger partial charge in [0.15, 0.2) is 11.5 Å². The van der Waals surface area contributed by atoms with Crippen molar-refractivity contribution in [2.24, 2.45) is 0 Å². The summed E-state index contributed by atoms with van der Waals surface area (Å²) in [5, 5.41) is 0. The van der Waals surface area contributed by atoms with Crippen molar-refractivity contribution in [3.8, 4) is 11.5 Å². The van der Waals surface area contributed by atoms with Crippen molar-refractivity contribution in [2.75, 3.05) is 13.8 Å². The first-order chi connectivity index (χ1) is 10.5. The molecule has 0 unspecified atom stereocenters. The first kappa shape index (κ1) is 14.3. The number of fused-ring (bicyclic) bond motifs is 1. The zero-order chi connectivity index (χ0) is 15.7. The Labute approximate surface area is 125 Å². The van der Waals surface area contributed by atoms with E-state index >= 15 is 0 Å². The van der Waals surface area contributed by atoms with Gasteiger partial charge in [-0.3, -0.25) is 4.79 Å². The van der Waals surface area contributed by atoms with Crippen molar-refractivity contribution in [2.45, 2.75) is 6.54 Å². The molecule has 0 spiro atoms. The minimum Gasteiger partial charge on any atom is -0.454 e. The van der Waals surface area contributed by atoms with E-state index in [2.05, 4.69) is 0 Å². The van der Waals surface area contributed by atoms with Gasteiger partial charge in [0.2, 0.25) is 6.79 Å². The minimum absolute atomic E-state index is 0.169. The summed E-state index contributed by atoms with van der Waals surface area (Å²) in [6.45, 7) is 0.410. The van der Waals surface area contributed by atoms with E-state index in [-0.39, 0.29) is 18.9 Å². The highest BCUT2D eigenvalue weighted by atomic mass is 19.1. The van der Waals surface area contributed by atoms with E-state index in [1.54, 1.807) is 18.2 Å². The van der Waals surface area contributed by atoms with Crippen molar-refractivity contribution in [1.82, 2.24) is 4.90 Å². The molecule has 1 aliphatic heterocycles. The molecule has 1 amide bonds. The number of amides is 1. The van der Waals surface area contributed by atoms with Gasteiger partial charge in [0.1, 0.15) is 11.6 Å². The molecule has 0 fully saturated rings. The lowest BCUT2D eigenvalue weighted by molar-refractivity contribution is 0.0779. The number of benzene rings is 2. The van der Waals surface area contributed by atoms with Crippen LogP contribution >= 0.6 is 0 Å². The first-order valence-electron chi connectivity index (χ1n) is 6.63. The molecule has 2 aromatic carbocycles. The van der Waals surface area contributed by atoms with E-state index in [0.29, 0.717) is 11.5 Å². The van der Waals surface area contributed by atoms with Gasteiger partial charge in [-0.1, -0.05) is 6.07 Å². The highest BCUT2D eigenvalue weighted by Gasteiger charge is 2.19. The van der Waals surface area contributed by atoms with Crippen molar-refractivity contribution >= 4 is 5.91 Å². The van der Waals surface area contributed by atoms with Gasteiger partial charge < -0.3 is 14.4 Å². The van der Waals surface area contributed by atoms with Crippen LogP contribution in [0.1, 0.15) is 15.9 Å². The van der Waals surface area contributed by atoms with E-state index in [0.717, 1.165) is 23.8 Å². The molecule has 0 saturated carbocycles. The summed E-state index contributed by atoms with van der Waals surface area (Å²) in [6.07, 6.45) is 0. The molecule has 0 aliphatic carbocycles.